The smallest absolute Gasteiger partial charge is 0.280 e. The van der Waals surface area contributed by atoms with Crippen molar-refractivity contribution in [1.82, 2.24) is 10.3 Å². The minimum atomic E-state index is -2.95. The van der Waals surface area contributed by atoms with Crippen LogP contribution in [-0.4, -0.2) is 30.1 Å². The second-order valence-corrected chi connectivity index (χ2v) is 12.3. The van der Waals surface area contributed by atoms with Crippen LogP contribution in [0.25, 0.3) is 10.4 Å². The molecule has 192 valence electrons. The van der Waals surface area contributed by atoms with Crippen LogP contribution in [0.2, 0.25) is 0 Å². The summed E-state index contributed by atoms with van der Waals surface area (Å²) in [6, 6.07) is 5.30. The van der Waals surface area contributed by atoms with Crippen LogP contribution in [-0.2, 0) is 22.5 Å². The number of rotatable bonds is 6. The number of alkyl halides is 2. The first-order valence-electron chi connectivity index (χ1n) is 12.9. The molecule has 1 amide bonds. The third-order valence-electron chi connectivity index (χ3n) is 7.22. The summed E-state index contributed by atoms with van der Waals surface area (Å²) in [5.74, 6) is -2.60. The molecule has 35 heavy (non-hydrogen) atoms. The molecule has 2 aliphatic rings. The van der Waals surface area contributed by atoms with Crippen LogP contribution in [0.1, 0.15) is 99.3 Å². The molecule has 1 aromatic heterocycles. The fourth-order valence-electron chi connectivity index (χ4n) is 5.01. The zero-order valence-electron chi connectivity index (χ0n) is 21.4. The van der Waals surface area contributed by atoms with Crippen molar-refractivity contribution in [3.63, 3.8) is 0 Å². The highest BCUT2D eigenvalue weighted by Gasteiger charge is 2.30. The number of aromatic nitrogens is 1. The zero-order chi connectivity index (χ0) is 25.2. The lowest BCUT2D eigenvalue weighted by Crippen LogP contribution is -2.38. The summed E-state index contributed by atoms with van der Waals surface area (Å²) in [5, 5.41) is 3.53. The van der Waals surface area contributed by atoms with Gasteiger partial charge in [0.25, 0.3) is 11.8 Å². The maximum atomic E-state index is 14.5. The first kappa shape index (κ1) is 26.2. The number of carbonyl (C=O) groups is 1. The molecule has 4 nitrogen and oxygen atoms in total. The molecular weight excluding hydrogens is 466 g/mol. The van der Waals surface area contributed by atoms with Crippen LogP contribution in [0.5, 0.6) is 0 Å². The summed E-state index contributed by atoms with van der Waals surface area (Å²) in [5.41, 5.74) is 2.19. The van der Waals surface area contributed by atoms with E-state index in [0.717, 1.165) is 60.7 Å². The van der Waals surface area contributed by atoms with E-state index >= 15 is 0 Å². The Bertz CT molecular complexity index is 994. The average Bonchev–Trinajstić information content (AvgIpc) is 3.23. The topological polar surface area (TPSA) is 51.2 Å². The van der Waals surface area contributed by atoms with E-state index in [-0.39, 0.29) is 22.9 Å². The van der Waals surface area contributed by atoms with Crippen molar-refractivity contribution < 1.29 is 18.3 Å². The lowest BCUT2D eigenvalue weighted by molar-refractivity contribution is 0.0174. The molecule has 4 rings (SSSR count). The van der Waals surface area contributed by atoms with Gasteiger partial charge in [-0.1, -0.05) is 52.9 Å². The van der Waals surface area contributed by atoms with Gasteiger partial charge in [-0.05, 0) is 59.9 Å². The molecule has 0 bridgehead atoms. The quantitative estimate of drug-likeness (QED) is 0.451. The van der Waals surface area contributed by atoms with E-state index in [2.05, 4.69) is 5.32 Å². The number of benzene rings is 1. The van der Waals surface area contributed by atoms with E-state index in [4.69, 9.17) is 9.72 Å². The highest BCUT2D eigenvalue weighted by Crippen LogP contribution is 2.40. The van der Waals surface area contributed by atoms with Gasteiger partial charge in [-0.15, -0.1) is 11.3 Å². The standard InChI is InChI=1S/C28H38F2N2O2S/c1-27(2,3)20-15-19(16-21(17-20)28(4,29)30)24-23(14-18-8-6-5-7-9-18)32-26(35-24)25(33)31-22-10-12-34-13-11-22/h15-18,22H,5-14H2,1-4H3,(H,31,33). The summed E-state index contributed by atoms with van der Waals surface area (Å²) in [7, 11) is 0. The Hall–Kier alpha value is -1.86. The van der Waals surface area contributed by atoms with Gasteiger partial charge in [0.2, 0.25) is 0 Å². The molecule has 1 aromatic carbocycles. The van der Waals surface area contributed by atoms with Crippen LogP contribution >= 0.6 is 11.3 Å². The van der Waals surface area contributed by atoms with Crippen molar-refractivity contribution >= 4 is 17.2 Å². The summed E-state index contributed by atoms with van der Waals surface area (Å²) in [4.78, 5) is 18.8. The maximum absolute atomic E-state index is 14.5. The van der Waals surface area contributed by atoms with Gasteiger partial charge >= 0.3 is 0 Å². The summed E-state index contributed by atoms with van der Waals surface area (Å²) < 4.78 is 34.4. The van der Waals surface area contributed by atoms with Gasteiger partial charge in [-0.3, -0.25) is 4.79 Å². The number of halogens is 2. The molecule has 1 N–H and O–H groups in total. The second kappa shape index (κ2) is 10.6. The first-order chi connectivity index (χ1) is 16.5. The number of ether oxygens (including phenoxy) is 1. The summed E-state index contributed by atoms with van der Waals surface area (Å²) >= 11 is 1.34. The van der Waals surface area contributed by atoms with Gasteiger partial charge in [0.05, 0.1) is 10.6 Å². The number of nitrogens with zero attached hydrogens (tertiary/aromatic N) is 1. The molecular formula is C28H38F2N2O2S. The molecule has 1 saturated heterocycles. The molecule has 2 heterocycles. The van der Waals surface area contributed by atoms with Crippen molar-refractivity contribution in [2.45, 2.75) is 96.4 Å². The van der Waals surface area contributed by atoms with E-state index in [0.29, 0.717) is 24.1 Å². The van der Waals surface area contributed by atoms with Crippen LogP contribution < -0.4 is 5.32 Å². The minimum absolute atomic E-state index is 0.00477. The van der Waals surface area contributed by atoms with Crippen molar-refractivity contribution in [1.29, 1.82) is 0 Å². The Morgan fingerprint density at radius 1 is 1.03 bits per heavy atom. The second-order valence-electron chi connectivity index (χ2n) is 11.3. The van der Waals surface area contributed by atoms with Crippen molar-refractivity contribution in [2.24, 2.45) is 5.92 Å². The summed E-state index contributed by atoms with van der Waals surface area (Å²) in [6.07, 6.45) is 8.38. The third kappa shape index (κ3) is 6.67. The Balaban J connectivity index is 1.73. The average molecular weight is 505 g/mol. The Morgan fingerprint density at radius 3 is 2.31 bits per heavy atom. The molecule has 0 radical (unpaired) electrons. The predicted molar refractivity (Wildman–Crippen MR) is 137 cm³/mol. The number of amides is 1. The molecule has 1 aliphatic carbocycles. The van der Waals surface area contributed by atoms with Crippen LogP contribution in [0, 0.1) is 5.92 Å². The highest BCUT2D eigenvalue weighted by molar-refractivity contribution is 7.17. The third-order valence-corrected chi connectivity index (χ3v) is 8.37. The van der Waals surface area contributed by atoms with Crippen LogP contribution in [0.3, 0.4) is 0 Å². The SMILES string of the molecule is CC(C)(C)c1cc(-c2sc(C(=O)NC3CCOCC3)nc2CC2CCCCC2)cc(C(C)(F)F)c1. The van der Waals surface area contributed by atoms with Crippen molar-refractivity contribution in [2.75, 3.05) is 13.2 Å². The molecule has 1 aliphatic heterocycles. The first-order valence-corrected chi connectivity index (χ1v) is 13.7. The van der Waals surface area contributed by atoms with Crippen molar-refractivity contribution in [3.8, 4) is 10.4 Å². The number of thiazole rings is 1. The number of hydrogen-bond acceptors (Lipinski definition) is 4. The molecule has 0 unspecified atom stereocenters. The van der Waals surface area contributed by atoms with Gasteiger partial charge in [0.1, 0.15) is 0 Å². The monoisotopic (exact) mass is 504 g/mol. The Kier molecular flexibility index (Phi) is 7.96. The summed E-state index contributed by atoms with van der Waals surface area (Å²) in [6.45, 7) is 8.34. The molecule has 2 aromatic rings. The van der Waals surface area contributed by atoms with Crippen molar-refractivity contribution in [3.05, 3.63) is 40.0 Å². The fourth-order valence-corrected chi connectivity index (χ4v) is 5.99. The number of hydrogen-bond donors (Lipinski definition) is 1. The van der Waals surface area contributed by atoms with Gasteiger partial charge < -0.3 is 10.1 Å². The molecule has 1 saturated carbocycles. The van der Waals surface area contributed by atoms with Crippen LogP contribution in [0.15, 0.2) is 18.2 Å². The van der Waals surface area contributed by atoms with Gasteiger partial charge in [0, 0.05) is 31.7 Å². The predicted octanol–water partition coefficient (Wildman–Crippen LogP) is 7.25. The highest BCUT2D eigenvalue weighted by atomic mass is 32.1. The normalized spacial score (nSPS) is 18.6. The molecule has 2 fully saturated rings. The fraction of sp³-hybridized carbons (Fsp3) is 0.643. The van der Waals surface area contributed by atoms with E-state index in [1.807, 2.05) is 26.8 Å². The Labute approximate surface area is 211 Å². The molecule has 0 spiro atoms. The van der Waals surface area contributed by atoms with E-state index < -0.39 is 5.92 Å². The maximum Gasteiger partial charge on any atom is 0.280 e. The van der Waals surface area contributed by atoms with Gasteiger partial charge in [-0.25, -0.2) is 13.8 Å². The number of nitrogens with one attached hydrogen (secondary N) is 1. The Morgan fingerprint density at radius 2 is 1.69 bits per heavy atom. The molecule has 7 heteroatoms. The minimum Gasteiger partial charge on any atom is -0.381 e. The number of carbonyl (C=O) groups excluding carboxylic acids is 1. The molecule has 0 atom stereocenters. The van der Waals surface area contributed by atoms with E-state index in [1.165, 1.54) is 30.6 Å². The lowest BCUT2D eigenvalue weighted by Gasteiger charge is -2.23. The van der Waals surface area contributed by atoms with E-state index in [1.54, 1.807) is 12.1 Å². The van der Waals surface area contributed by atoms with Gasteiger partial charge in [-0.2, -0.15) is 0 Å². The van der Waals surface area contributed by atoms with E-state index in [9.17, 15) is 13.6 Å². The lowest BCUT2D eigenvalue weighted by atomic mass is 9.83. The largest absolute Gasteiger partial charge is 0.381 e. The zero-order valence-corrected chi connectivity index (χ0v) is 22.2. The van der Waals surface area contributed by atoms with Gasteiger partial charge in [0.15, 0.2) is 5.01 Å². The van der Waals surface area contributed by atoms with Crippen LogP contribution in [0.4, 0.5) is 8.78 Å².